The van der Waals surface area contributed by atoms with Crippen LogP contribution in [-0.4, -0.2) is 6.66 Å². The Morgan fingerprint density at radius 3 is 1.50 bits per heavy atom. The van der Waals surface area contributed by atoms with E-state index in [1.165, 1.54) is 33.1 Å². The van der Waals surface area contributed by atoms with Gasteiger partial charge in [-0.3, -0.25) is 0 Å². The minimum Gasteiger partial charge on any atom is -0.0916 e. The molecule has 0 saturated heterocycles. The molecule has 0 saturated carbocycles. The van der Waals surface area contributed by atoms with Crippen LogP contribution in [0.3, 0.4) is 0 Å². The molecule has 0 N–H and O–H groups in total. The first kappa shape index (κ1) is 19.1. The van der Waals surface area contributed by atoms with E-state index in [0.717, 1.165) is 0 Å². The normalized spacial score (nSPS) is 14.0. The lowest BCUT2D eigenvalue weighted by molar-refractivity contribution is 0.824. The maximum atomic E-state index is 6.54. The molecule has 0 spiro atoms. The molecule has 2 heteroatoms. The predicted octanol–water partition coefficient (Wildman–Crippen LogP) is 6.31. The highest BCUT2D eigenvalue weighted by molar-refractivity contribution is 8.18. The predicted molar refractivity (Wildman–Crippen MR) is 120 cm³/mol. The zero-order valence-electron chi connectivity index (χ0n) is 16.3. The first-order chi connectivity index (χ1) is 12.3. The summed E-state index contributed by atoms with van der Waals surface area (Å²) in [6.07, 6.45) is 0. The zero-order chi connectivity index (χ0) is 18.9. The van der Waals surface area contributed by atoms with Crippen LogP contribution in [0.2, 0.25) is 0 Å². The molecular formula is C24H27PS. The van der Waals surface area contributed by atoms with E-state index < -0.39 is 6.04 Å². The molecule has 0 nitrogen and oxygen atoms in total. The van der Waals surface area contributed by atoms with Crippen molar-refractivity contribution in [1.29, 1.82) is 0 Å². The Bertz CT molecular complexity index is 896. The molecule has 3 rings (SSSR count). The molecule has 0 bridgehead atoms. The molecule has 0 aromatic heterocycles. The van der Waals surface area contributed by atoms with E-state index >= 15 is 0 Å². The second-order valence-electron chi connectivity index (χ2n) is 7.48. The summed E-state index contributed by atoms with van der Waals surface area (Å²) in [5.74, 6) is 0. The Morgan fingerprint density at radius 2 is 1.12 bits per heavy atom. The summed E-state index contributed by atoms with van der Waals surface area (Å²) in [6.45, 7) is 11.3. The molecule has 134 valence electrons. The summed E-state index contributed by atoms with van der Waals surface area (Å²) in [5.41, 5.74) is 6.56. The van der Waals surface area contributed by atoms with Crippen LogP contribution in [0.4, 0.5) is 0 Å². The van der Waals surface area contributed by atoms with Gasteiger partial charge in [0.05, 0.1) is 0 Å². The Morgan fingerprint density at radius 1 is 0.731 bits per heavy atom. The summed E-state index contributed by atoms with van der Waals surface area (Å²) >= 11 is 6.54. The molecule has 0 heterocycles. The van der Waals surface area contributed by atoms with Crippen LogP contribution in [0.1, 0.15) is 34.7 Å². The van der Waals surface area contributed by atoms with Crippen LogP contribution < -0.4 is 5.30 Å². The number of benzene rings is 3. The van der Waals surface area contributed by atoms with Gasteiger partial charge in [-0.2, -0.15) is 0 Å². The van der Waals surface area contributed by atoms with Gasteiger partial charge >= 0.3 is 0 Å². The summed E-state index contributed by atoms with van der Waals surface area (Å²) in [7, 11) is 0. The van der Waals surface area contributed by atoms with E-state index in [1.807, 2.05) is 0 Å². The van der Waals surface area contributed by atoms with Crippen molar-refractivity contribution in [2.24, 2.45) is 0 Å². The zero-order valence-corrected chi connectivity index (χ0v) is 18.0. The molecule has 26 heavy (non-hydrogen) atoms. The van der Waals surface area contributed by atoms with Gasteiger partial charge in [0.2, 0.25) is 0 Å². The van der Waals surface area contributed by atoms with Crippen LogP contribution in [-0.2, 0) is 17.0 Å². The van der Waals surface area contributed by atoms with Gasteiger partial charge in [0.25, 0.3) is 0 Å². The maximum absolute atomic E-state index is 6.54. The summed E-state index contributed by atoms with van der Waals surface area (Å²) in [6, 6.07) is 24.2. The molecule has 1 atom stereocenters. The van der Waals surface area contributed by atoms with Gasteiger partial charge < -0.3 is 0 Å². The van der Waals surface area contributed by atoms with Crippen LogP contribution in [0.15, 0.2) is 72.8 Å². The summed E-state index contributed by atoms with van der Waals surface area (Å²) in [4.78, 5) is 0. The highest BCUT2D eigenvalue weighted by Gasteiger charge is 2.42. The van der Waals surface area contributed by atoms with Crippen molar-refractivity contribution in [3.63, 3.8) is 0 Å². The van der Waals surface area contributed by atoms with Gasteiger partial charge in [-0.25, -0.2) is 0 Å². The average Bonchev–Trinajstić information content (AvgIpc) is 2.61. The lowest BCUT2D eigenvalue weighted by atomic mass is 9.92. The molecule has 0 aliphatic carbocycles. The maximum Gasteiger partial charge on any atom is 0.0499 e. The third kappa shape index (κ3) is 3.08. The average molecular weight is 379 g/mol. The fraction of sp³-hybridized carbons (Fsp3) is 0.250. The Labute approximate surface area is 163 Å². The van der Waals surface area contributed by atoms with E-state index in [4.69, 9.17) is 11.8 Å². The fourth-order valence-electron chi connectivity index (χ4n) is 4.25. The van der Waals surface area contributed by atoms with Gasteiger partial charge in [-0.15, -0.1) is 0 Å². The molecular weight excluding hydrogens is 351 g/mol. The number of hydrogen-bond acceptors (Lipinski definition) is 1. The quantitative estimate of drug-likeness (QED) is 0.479. The van der Waals surface area contributed by atoms with Crippen molar-refractivity contribution < 1.29 is 0 Å². The molecule has 0 amide bonds. The second kappa shape index (κ2) is 7.14. The smallest absolute Gasteiger partial charge is 0.0499 e. The number of aryl methyl sites for hydroxylation is 3. The Balaban J connectivity index is 2.35. The third-order valence-electron chi connectivity index (χ3n) is 5.59. The molecule has 0 aliphatic heterocycles. The molecule has 3 aromatic carbocycles. The van der Waals surface area contributed by atoms with Crippen LogP contribution in [0, 0.1) is 20.8 Å². The van der Waals surface area contributed by atoms with E-state index in [0.29, 0.717) is 0 Å². The Hall–Kier alpha value is -1.69. The number of hydrogen-bond donors (Lipinski definition) is 0. The van der Waals surface area contributed by atoms with Gasteiger partial charge in [0, 0.05) is 5.16 Å². The topological polar surface area (TPSA) is 0 Å². The van der Waals surface area contributed by atoms with E-state index in [9.17, 15) is 0 Å². The number of rotatable bonds is 4. The Kier molecular flexibility index (Phi) is 5.24. The van der Waals surface area contributed by atoms with Crippen LogP contribution in [0.25, 0.3) is 0 Å². The van der Waals surface area contributed by atoms with E-state index in [-0.39, 0.29) is 5.16 Å². The first-order valence-electron chi connectivity index (χ1n) is 9.05. The monoisotopic (exact) mass is 378 g/mol. The highest BCUT2D eigenvalue weighted by Crippen LogP contribution is 2.63. The standard InChI is InChI=1S/C24H27PS/c1-18-16-19(2)23(20(3)17-18)25(5,26)24(4,21-12-8-6-9-13-21)22-14-10-7-11-15-22/h6-17H,1-5H3. The van der Waals surface area contributed by atoms with Gasteiger partial charge in [-0.05, 0) is 68.0 Å². The lowest BCUT2D eigenvalue weighted by Gasteiger charge is -2.42. The second-order valence-corrected chi connectivity index (χ2v) is 12.9. The van der Waals surface area contributed by atoms with Crippen molar-refractivity contribution in [3.05, 3.63) is 101 Å². The van der Waals surface area contributed by atoms with Gasteiger partial charge in [0.1, 0.15) is 0 Å². The minimum absolute atomic E-state index is 0.213. The van der Waals surface area contributed by atoms with Crippen molar-refractivity contribution in [2.75, 3.05) is 6.66 Å². The van der Waals surface area contributed by atoms with Crippen LogP contribution >= 0.6 is 6.04 Å². The largest absolute Gasteiger partial charge is 0.0916 e. The summed E-state index contributed by atoms with van der Waals surface area (Å²) in [5, 5.41) is 1.17. The molecule has 3 aromatic rings. The van der Waals surface area contributed by atoms with Crippen molar-refractivity contribution in [1.82, 2.24) is 0 Å². The summed E-state index contributed by atoms with van der Waals surface area (Å²) < 4.78 is 0. The van der Waals surface area contributed by atoms with E-state index in [2.05, 4.69) is 107 Å². The van der Waals surface area contributed by atoms with Gasteiger partial charge in [-0.1, -0.05) is 90.2 Å². The molecule has 1 unspecified atom stereocenters. The molecule has 0 fully saturated rings. The van der Waals surface area contributed by atoms with Crippen molar-refractivity contribution in [3.8, 4) is 0 Å². The SMILES string of the molecule is Cc1cc(C)c(P(C)(=S)C(C)(c2ccccc2)c2ccccc2)c(C)c1. The highest BCUT2D eigenvalue weighted by atomic mass is 32.4. The lowest BCUT2D eigenvalue weighted by Crippen LogP contribution is -2.31. The molecule has 0 aliphatic rings. The fourth-order valence-corrected chi connectivity index (χ4v) is 8.96. The first-order valence-corrected chi connectivity index (χ1v) is 12.3. The van der Waals surface area contributed by atoms with E-state index in [1.54, 1.807) is 0 Å². The third-order valence-corrected chi connectivity index (χ3v) is 11.0. The van der Waals surface area contributed by atoms with Gasteiger partial charge in [0.15, 0.2) is 0 Å². The molecule has 0 radical (unpaired) electrons. The van der Waals surface area contributed by atoms with Crippen molar-refractivity contribution >= 4 is 23.1 Å². The minimum atomic E-state index is -1.97. The van der Waals surface area contributed by atoms with Crippen molar-refractivity contribution in [2.45, 2.75) is 32.9 Å². The van der Waals surface area contributed by atoms with Crippen LogP contribution in [0.5, 0.6) is 0 Å².